The van der Waals surface area contributed by atoms with Crippen LogP contribution in [0, 0.1) is 12.7 Å². The monoisotopic (exact) mass is 554 g/mol. The van der Waals surface area contributed by atoms with Crippen LogP contribution in [0.5, 0.6) is 0 Å². The van der Waals surface area contributed by atoms with Crippen LogP contribution in [0.1, 0.15) is 60.4 Å². The van der Waals surface area contributed by atoms with Crippen molar-refractivity contribution in [3.8, 4) is 11.3 Å². The van der Waals surface area contributed by atoms with E-state index < -0.39 is 17.8 Å². The fourth-order valence-electron chi connectivity index (χ4n) is 5.70. The molecule has 2 aromatic carbocycles. The number of nitrogens with one attached hydrogen (secondary N) is 3. The molecule has 3 N–H and O–H groups in total. The second kappa shape index (κ2) is 9.62. The normalized spacial score (nSPS) is 17.2. The van der Waals surface area contributed by atoms with Crippen molar-refractivity contribution >= 4 is 33.5 Å². The molecule has 3 aromatic heterocycles. The van der Waals surface area contributed by atoms with Gasteiger partial charge in [0.1, 0.15) is 17.8 Å². The number of aromatic nitrogens is 5. The second-order valence-electron chi connectivity index (χ2n) is 11.4. The van der Waals surface area contributed by atoms with E-state index in [4.69, 9.17) is 4.52 Å². The number of benzene rings is 2. The first kappa shape index (κ1) is 25.6. The van der Waals surface area contributed by atoms with E-state index >= 15 is 4.39 Å². The Morgan fingerprint density at radius 2 is 1.98 bits per heavy atom. The highest BCUT2D eigenvalue weighted by Gasteiger charge is 2.44. The minimum atomic E-state index is -0.486. The molecule has 4 heterocycles. The standard InChI is InChI=1S/C30H31FN8O2/c1-16-19(17(2)35-27(40)28-37-29(38-41-28)30(3)8-9-30)6-7-21(24(16)31)25-23-20-5-4-18(39-12-10-32-11-13-39)14-22(20)36-26(23)34-15-33-25/h4-7,14-15,17,32H,8-13H2,1-3H3,(H,35,40)(H,33,34,36)/t17-/m1/s1. The van der Waals surface area contributed by atoms with E-state index in [1.165, 1.54) is 6.33 Å². The van der Waals surface area contributed by atoms with Crippen LogP contribution in [0.2, 0.25) is 0 Å². The van der Waals surface area contributed by atoms with Gasteiger partial charge in [0.2, 0.25) is 0 Å². The van der Waals surface area contributed by atoms with Crippen LogP contribution < -0.4 is 15.5 Å². The molecule has 1 aliphatic heterocycles. The van der Waals surface area contributed by atoms with Crippen LogP contribution in [0.4, 0.5) is 10.1 Å². The molecule has 1 amide bonds. The maximum absolute atomic E-state index is 16.0. The highest BCUT2D eigenvalue weighted by molar-refractivity contribution is 6.12. The van der Waals surface area contributed by atoms with Crippen molar-refractivity contribution in [3.05, 3.63) is 65.3 Å². The number of hydrogen-bond donors (Lipinski definition) is 3. The van der Waals surface area contributed by atoms with Gasteiger partial charge in [-0.25, -0.2) is 14.4 Å². The molecule has 1 atom stereocenters. The maximum Gasteiger partial charge on any atom is 0.315 e. The van der Waals surface area contributed by atoms with Gasteiger partial charge in [-0.1, -0.05) is 24.2 Å². The van der Waals surface area contributed by atoms with Crippen molar-refractivity contribution < 1.29 is 13.7 Å². The van der Waals surface area contributed by atoms with Crippen LogP contribution in [0.25, 0.3) is 33.2 Å². The third-order valence-corrected chi connectivity index (χ3v) is 8.51. The van der Waals surface area contributed by atoms with Gasteiger partial charge in [-0.2, -0.15) is 4.98 Å². The molecule has 0 radical (unpaired) electrons. The Hall–Kier alpha value is -4.38. The summed E-state index contributed by atoms with van der Waals surface area (Å²) in [7, 11) is 0. The Labute approximate surface area is 235 Å². The summed E-state index contributed by atoms with van der Waals surface area (Å²) in [6, 6.07) is 9.34. The van der Waals surface area contributed by atoms with E-state index in [0.29, 0.717) is 33.9 Å². The second-order valence-corrected chi connectivity index (χ2v) is 11.4. The number of H-pyrrole nitrogens is 1. The van der Waals surface area contributed by atoms with E-state index in [1.807, 2.05) is 13.0 Å². The first-order valence-corrected chi connectivity index (χ1v) is 14.0. The number of rotatable bonds is 6. The minimum Gasteiger partial charge on any atom is -0.369 e. The molecular weight excluding hydrogens is 523 g/mol. The van der Waals surface area contributed by atoms with Gasteiger partial charge in [0, 0.05) is 53.7 Å². The van der Waals surface area contributed by atoms with Crippen LogP contribution >= 0.6 is 0 Å². The molecule has 1 aliphatic carbocycles. The number of anilines is 1. The summed E-state index contributed by atoms with van der Waals surface area (Å²) in [6.07, 6.45) is 3.41. The van der Waals surface area contributed by atoms with Crippen molar-refractivity contribution in [3.63, 3.8) is 0 Å². The molecule has 2 aliphatic rings. The molecule has 0 unspecified atom stereocenters. The summed E-state index contributed by atoms with van der Waals surface area (Å²) in [4.78, 5) is 31.8. The predicted molar refractivity (Wildman–Crippen MR) is 153 cm³/mol. The molecule has 1 saturated heterocycles. The smallest absolute Gasteiger partial charge is 0.315 e. The number of carbonyl (C=O) groups is 1. The lowest BCUT2D eigenvalue weighted by Gasteiger charge is -2.29. The average Bonchev–Trinajstić information content (AvgIpc) is 3.38. The zero-order valence-electron chi connectivity index (χ0n) is 23.2. The lowest BCUT2D eigenvalue weighted by molar-refractivity contribution is 0.0895. The lowest BCUT2D eigenvalue weighted by atomic mass is 9.96. The van der Waals surface area contributed by atoms with Crippen molar-refractivity contribution in [2.24, 2.45) is 0 Å². The van der Waals surface area contributed by atoms with E-state index in [-0.39, 0.29) is 11.3 Å². The molecule has 11 heteroatoms. The Bertz CT molecular complexity index is 1800. The number of fused-ring (bicyclic) bond motifs is 3. The van der Waals surface area contributed by atoms with Gasteiger partial charge in [0.15, 0.2) is 5.82 Å². The van der Waals surface area contributed by atoms with Gasteiger partial charge in [0.05, 0.1) is 17.1 Å². The van der Waals surface area contributed by atoms with Gasteiger partial charge in [-0.15, -0.1) is 0 Å². The average molecular weight is 555 g/mol. The van der Waals surface area contributed by atoms with Crippen LogP contribution in [0.3, 0.4) is 0 Å². The number of piperazine rings is 1. The highest BCUT2D eigenvalue weighted by Crippen LogP contribution is 2.46. The van der Waals surface area contributed by atoms with Gasteiger partial charge in [0.25, 0.3) is 0 Å². The van der Waals surface area contributed by atoms with Crippen molar-refractivity contribution in [1.29, 1.82) is 0 Å². The van der Waals surface area contributed by atoms with Crippen molar-refractivity contribution in [2.45, 2.75) is 45.1 Å². The van der Waals surface area contributed by atoms with E-state index in [0.717, 1.165) is 61.0 Å². The minimum absolute atomic E-state index is 0.0856. The molecule has 210 valence electrons. The number of halogens is 1. The molecule has 0 spiro atoms. The zero-order chi connectivity index (χ0) is 28.3. The Kier molecular flexibility index (Phi) is 6.00. The molecule has 2 fully saturated rings. The number of carbonyl (C=O) groups excluding carboxylic acids is 1. The lowest BCUT2D eigenvalue weighted by Crippen LogP contribution is -2.43. The fraction of sp³-hybridized carbons (Fsp3) is 0.367. The molecule has 41 heavy (non-hydrogen) atoms. The number of nitrogens with zero attached hydrogens (tertiary/aromatic N) is 5. The molecular formula is C30H31FN8O2. The third kappa shape index (κ3) is 4.40. The SMILES string of the molecule is Cc1c([C@@H](C)NC(=O)c2nc(C3(C)CC3)no2)ccc(-c2ncnc3[nH]c4cc(N5CCNCC5)ccc4c23)c1F. The quantitative estimate of drug-likeness (QED) is 0.279. The van der Waals surface area contributed by atoms with Crippen molar-refractivity contribution in [2.75, 3.05) is 31.1 Å². The van der Waals surface area contributed by atoms with E-state index in [1.54, 1.807) is 19.9 Å². The van der Waals surface area contributed by atoms with Gasteiger partial charge in [-0.3, -0.25) is 4.79 Å². The summed E-state index contributed by atoms with van der Waals surface area (Å²) in [5, 5.41) is 11.9. The fourth-order valence-corrected chi connectivity index (χ4v) is 5.70. The van der Waals surface area contributed by atoms with E-state index in [2.05, 4.69) is 58.8 Å². The summed E-state index contributed by atoms with van der Waals surface area (Å²) >= 11 is 0. The van der Waals surface area contributed by atoms with Gasteiger partial charge in [-0.05, 0) is 56.0 Å². The Morgan fingerprint density at radius 3 is 2.76 bits per heavy atom. The third-order valence-electron chi connectivity index (χ3n) is 8.51. The van der Waals surface area contributed by atoms with Crippen LogP contribution in [0.15, 0.2) is 41.2 Å². The van der Waals surface area contributed by atoms with Crippen LogP contribution in [-0.2, 0) is 5.41 Å². The topological polar surface area (TPSA) is 125 Å². The summed E-state index contributed by atoms with van der Waals surface area (Å²) in [5.74, 6) is -0.411. The molecule has 0 bridgehead atoms. The number of hydrogen-bond acceptors (Lipinski definition) is 8. The first-order valence-electron chi connectivity index (χ1n) is 14.0. The first-order chi connectivity index (χ1) is 19.8. The summed E-state index contributed by atoms with van der Waals surface area (Å²) in [6.45, 7) is 9.36. The highest BCUT2D eigenvalue weighted by atomic mass is 19.1. The molecule has 10 nitrogen and oxygen atoms in total. The Morgan fingerprint density at radius 1 is 1.17 bits per heavy atom. The molecule has 7 rings (SSSR count). The van der Waals surface area contributed by atoms with Gasteiger partial charge >= 0.3 is 11.8 Å². The maximum atomic E-state index is 16.0. The molecule has 5 aromatic rings. The molecule has 1 saturated carbocycles. The zero-order valence-corrected chi connectivity index (χ0v) is 23.2. The largest absolute Gasteiger partial charge is 0.369 e. The summed E-state index contributed by atoms with van der Waals surface area (Å²) in [5.41, 5.74) is 4.61. The number of amides is 1. The van der Waals surface area contributed by atoms with Gasteiger partial charge < -0.3 is 25.0 Å². The van der Waals surface area contributed by atoms with E-state index in [9.17, 15) is 4.79 Å². The van der Waals surface area contributed by atoms with Crippen molar-refractivity contribution in [1.82, 2.24) is 35.7 Å². The summed E-state index contributed by atoms with van der Waals surface area (Å²) < 4.78 is 21.2. The predicted octanol–water partition coefficient (Wildman–Crippen LogP) is 4.56. The van der Waals surface area contributed by atoms with Crippen LogP contribution in [-0.4, -0.2) is 57.2 Å². The number of aromatic amines is 1. The Balaban J connectivity index is 1.19.